The summed E-state index contributed by atoms with van der Waals surface area (Å²) in [5, 5.41) is 12.0. The zero-order valence-corrected chi connectivity index (χ0v) is 14.9. The summed E-state index contributed by atoms with van der Waals surface area (Å²) in [4.78, 5) is 34.0. The first-order chi connectivity index (χ1) is 11.8. The SMILES string of the molecule is CC(C)CC(=O)OCOC(=O)NC[C@H](CC(=O)O)c1ccc(Cl)cc1. The largest absolute Gasteiger partial charge is 0.481 e. The Balaban J connectivity index is 2.45. The molecule has 0 unspecified atom stereocenters. The smallest absolute Gasteiger partial charge is 0.410 e. The Bertz CT molecular complexity index is 587. The predicted molar refractivity (Wildman–Crippen MR) is 91.3 cm³/mol. The molecule has 1 amide bonds. The van der Waals surface area contributed by atoms with Crippen LogP contribution < -0.4 is 5.32 Å². The molecule has 0 aromatic heterocycles. The fraction of sp³-hybridized carbons (Fsp3) is 0.471. The van der Waals surface area contributed by atoms with Gasteiger partial charge in [0.2, 0.25) is 6.79 Å². The lowest BCUT2D eigenvalue weighted by Gasteiger charge is -2.16. The maximum Gasteiger partial charge on any atom is 0.410 e. The molecule has 0 aliphatic rings. The van der Waals surface area contributed by atoms with Gasteiger partial charge in [-0.25, -0.2) is 4.79 Å². The molecule has 1 rings (SSSR count). The number of amides is 1. The van der Waals surface area contributed by atoms with Gasteiger partial charge in [0, 0.05) is 23.9 Å². The number of hydrogen-bond acceptors (Lipinski definition) is 5. The number of nitrogens with one attached hydrogen (secondary N) is 1. The van der Waals surface area contributed by atoms with E-state index >= 15 is 0 Å². The third kappa shape index (κ3) is 8.95. The third-order valence-electron chi connectivity index (χ3n) is 3.24. The Morgan fingerprint density at radius 3 is 2.32 bits per heavy atom. The molecule has 0 saturated heterocycles. The first kappa shape index (κ1) is 20.8. The average molecular weight is 372 g/mol. The molecule has 7 nitrogen and oxygen atoms in total. The fourth-order valence-corrected chi connectivity index (χ4v) is 2.18. The number of carbonyl (C=O) groups is 3. The Hall–Kier alpha value is -2.28. The Morgan fingerprint density at radius 1 is 1.12 bits per heavy atom. The molecule has 0 aliphatic heterocycles. The molecular weight excluding hydrogens is 350 g/mol. The number of carbonyl (C=O) groups excluding carboxylic acids is 2. The van der Waals surface area contributed by atoms with Gasteiger partial charge in [-0.1, -0.05) is 37.6 Å². The van der Waals surface area contributed by atoms with Crippen LogP contribution in [0.1, 0.15) is 38.2 Å². The van der Waals surface area contributed by atoms with Gasteiger partial charge < -0.3 is 19.9 Å². The number of rotatable bonds is 9. The summed E-state index contributed by atoms with van der Waals surface area (Å²) in [6, 6.07) is 6.71. The number of halogens is 1. The highest BCUT2D eigenvalue weighted by Crippen LogP contribution is 2.21. The van der Waals surface area contributed by atoms with Crippen LogP contribution in [0.4, 0.5) is 4.79 Å². The molecule has 25 heavy (non-hydrogen) atoms. The zero-order chi connectivity index (χ0) is 18.8. The molecule has 0 aliphatic carbocycles. The van der Waals surface area contributed by atoms with E-state index in [1.807, 2.05) is 13.8 Å². The highest BCUT2D eigenvalue weighted by molar-refractivity contribution is 6.30. The molecule has 1 aromatic carbocycles. The molecule has 0 saturated carbocycles. The van der Waals surface area contributed by atoms with Crippen molar-refractivity contribution in [3.05, 3.63) is 34.9 Å². The number of ether oxygens (including phenoxy) is 2. The van der Waals surface area contributed by atoms with Crippen molar-refractivity contribution in [2.75, 3.05) is 13.3 Å². The standard InChI is InChI=1S/C17H22ClNO6/c1-11(2)7-16(22)24-10-25-17(23)19-9-13(8-15(20)21)12-3-5-14(18)6-4-12/h3-6,11,13H,7-10H2,1-2H3,(H,19,23)(H,20,21)/t13-/m0/s1. The molecule has 0 heterocycles. The van der Waals surface area contributed by atoms with Gasteiger partial charge in [0.15, 0.2) is 0 Å². The highest BCUT2D eigenvalue weighted by Gasteiger charge is 2.17. The average Bonchev–Trinajstić information content (AvgIpc) is 2.51. The molecule has 1 atom stereocenters. The van der Waals surface area contributed by atoms with E-state index in [0.29, 0.717) is 5.02 Å². The number of benzene rings is 1. The number of hydrogen-bond donors (Lipinski definition) is 2. The van der Waals surface area contributed by atoms with Crippen LogP contribution in [0.15, 0.2) is 24.3 Å². The number of aliphatic carboxylic acids is 1. The van der Waals surface area contributed by atoms with Gasteiger partial charge in [-0.05, 0) is 23.6 Å². The number of carboxylic acid groups (broad SMARTS) is 1. The maximum atomic E-state index is 11.6. The van der Waals surface area contributed by atoms with E-state index in [0.717, 1.165) is 5.56 Å². The molecule has 138 valence electrons. The lowest BCUT2D eigenvalue weighted by Crippen LogP contribution is -2.30. The molecule has 8 heteroatoms. The van der Waals surface area contributed by atoms with Gasteiger partial charge in [0.1, 0.15) is 0 Å². The summed E-state index contributed by atoms with van der Waals surface area (Å²) in [7, 11) is 0. The van der Waals surface area contributed by atoms with Crippen LogP contribution in [0.2, 0.25) is 5.02 Å². The van der Waals surface area contributed by atoms with Gasteiger partial charge in [-0.2, -0.15) is 0 Å². The number of alkyl carbamates (subject to hydrolysis) is 1. The van der Waals surface area contributed by atoms with Crippen LogP contribution in [0.25, 0.3) is 0 Å². The Labute approximate surface area is 151 Å². The summed E-state index contributed by atoms with van der Waals surface area (Å²) < 4.78 is 9.50. The zero-order valence-electron chi connectivity index (χ0n) is 14.2. The van der Waals surface area contributed by atoms with E-state index in [1.165, 1.54) is 0 Å². The molecule has 1 aromatic rings. The van der Waals surface area contributed by atoms with Crippen LogP contribution in [0.3, 0.4) is 0 Å². The van der Waals surface area contributed by atoms with Crippen molar-refractivity contribution in [1.29, 1.82) is 0 Å². The maximum absolute atomic E-state index is 11.6. The molecule has 2 N–H and O–H groups in total. The molecule has 0 fully saturated rings. The Kier molecular flexibility index (Phi) is 8.77. The van der Waals surface area contributed by atoms with E-state index in [-0.39, 0.29) is 25.3 Å². The van der Waals surface area contributed by atoms with Gasteiger partial charge in [0.25, 0.3) is 0 Å². The first-order valence-electron chi connectivity index (χ1n) is 7.81. The van der Waals surface area contributed by atoms with E-state index in [1.54, 1.807) is 24.3 Å². The summed E-state index contributed by atoms with van der Waals surface area (Å²) >= 11 is 5.82. The predicted octanol–water partition coefficient (Wildman–Crippen LogP) is 3.17. The van der Waals surface area contributed by atoms with Crippen LogP contribution in [-0.4, -0.2) is 36.5 Å². The number of carboxylic acids is 1. The summed E-state index contributed by atoms with van der Waals surface area (Å²) in [6.07, 6.45) is -0.713. The first-order valence-corrected chi connectivity index (χ1v) is 8.19. The third-order valence-corrected chi connectivity index (χ3v) is 3.49. The minimum Gasteiger partial charge on any atom is -0.481 e. The monoisotopic (exact) mass is 371 g/mol. The molecular formula is C17H22ClNO6. The second kappa shape index (κ2) is 10.6. The minimum atomic E-state index is -0.988. The van der Waals surface area contributed by atoms with Crippen molar-refractivity contribution in [3.63, 3.8) is 0 Å². The van der Waals surface area contributed by atoms with Crippen molar-refractivity contribution in [2.45, 2.75) is 32.6 Å². The van der Waals surface area contributed by atoms with Crippen LogP contribution in [0.5, 0.6) is 0 Å². The van der Waals surface area contributed by atoms with E-state index < -0.39 is 30.7 Å². The fourth-order valence-electron chi connectivity index (χ4n) is 2.05. The van der Waals surface area contributed by atoms with Crippen LogP contribution >= 0.6 is 11.6 Å². The van der Waals surface area contributed by atoms with Gasteiger partial charge >= 0.3 is 18.0 Å². The second-order valence-electron chi connectivity index (χ2n) is 5.89. The van der Waals surface area contributed by atoms with Crippen molar-refractivity contribution in [2.24, 2.45) is 5.92 Å². The summed E-state index contributed by atoms with van der Waals surface area (Å²) in [5.74, 6) is -1.73. The molecule has 0 radical (unpaired) electrons. The summed E-state index contributed by atoms with van der Waals surface area (Å²) in [5.41, 5.74) is 0.732. The van der Waals surface area contributed by atoms with Crippen LogP contribution in [0, 0.1) is 5.92 Å². The molecule has 0 spiro atoms. The van der Waals surface area contributed by atoms with E-state index in [9.17, 15) is 14.4 Å². The topological polar surface area (TPSA) is 102 Å². The summed E-state index contributed by atoms with van der Waals surface area (Å²) in [6.45, 7) is 3.32. The second-order valence-corrected chi connectivity index (χ2v) is 6.33. The van der Waals surface area contributed by atoms with Crippen molar-refractivity contribution in [1.82, 2.24) is 5.32 Å². The van der Waals surface area contributed by atoms with Crippen molar-refractivity contribution >= 4 is 29.6 Å². The van der Waals surface area contributed by atoms with Gasteiger partial charge in [-0.15, -0.1) is 0 Å². The van der Waals surface area contributed by atoms with E-state index in [4.69, 9.17) is 26.2 Å². The molecule has 0 bridgehead atoms. The van der Waals surface area contributed by atoms with E-state index in [2.05, 4.69) is 5.32 Å². The normalized spacial score (nSPS) is 11.7. The number of esters is 1. The van der Waals surface area contributed by atoms with Gasteiger partial charge in [-0.3, -0.25) is 9.59 Å². The lowest BCUT2D eigenvalue weighted by atomic mass is 9.96. The van der Waals surface area contributed by atoms with Crippen molar-refractivity contribution < 1.29 is 29.0 Å². The Morgan fingerprint density at radius 2 is 1.76 bits per heavy atom. The van der Waals surface area contributed by atoms with Crippen LogP contribution in [-0.2, 0) is 19.1 Å². The minimum absolute atomic E-state index is 0.0622. The lowest BCUT2D eigenvalue weighted by molar-refractivity contribution is -0.152. The highest BCUT2D eigenvalue weighted by atomic mass is 35.5. The van der Waals surface area contributed by atoms with Crippen molar-refractivity contribution in [3.8, 4) is 0 Å². The van der Waals surface area contributed by atoms with Gasteiger partial charge in [0.05, 0.1) is 6.42 Å². The quantitative estimate of drug-likeness (QED) is 0.510.